The third kappa shape index (κ3) is 5.03. The lowest BCUT2D eigenvalue weighted by molar-refractivity contribution is -0.169. The van der Waals surface area contributed by atoms with Gasteiger partial charge in [-0.2, -0.15) is 4.48 Å². The lowest BCUT2D eigenvalue weighted by Crippen LogP contribution is -2.68. The molecule has 2 aliphatic rings. The SMILES string of the molecule is OC1(O)C([N+](C2=C(Cl)C(Cl)(Cl)CC(Cl)(Br)C2(O)O)(c2ccccc2)c2ccccc2)=C(Cl)C(Cl)(Cl)CC1(Cl)Br. The molecule has 212 valence electrons. The molecule has 15 heteroatoms. The van der Waals surface area contributed by atoms with Gasteiger partial charge in [0, 0.05) is 37.1 Å². The maximum absolute atomic E-state index is 11.8. The highest BCUT2D eigenvalue weighted by molar-refractivity contribution is 9.10. The molecule has 0 aliphatic heterocycles. The highest BCUT2D eigenvalue weighted by Crippen LogP contribution is 2.66. The van der Waals surface area contributed by atoms with Crippen LogP contribution in [0.5, 0.6) is 0 Å². The Hall–Kier alpha value is 1.000. The first kappa shape index (κ1) is 32.9. The minimum absolute atomic E-state index is 0.141. The van der Waals surface area contributed by atoms with E-state index in [0.717, 1.165) is 0 Å². The Morgan fingerprint density at radius 1 is 0.564 bits per heavy atom. The van der Waals surface area contributed by atoms with Gasteiger partial charge in [0.15, 0.2) is 16.2 Å². The molecule has 0 bridgehead atoms. The van der Waals surface area contributed by atoms with Gasteiger partial charge in [0.25, 0.3) is 11.6 Å². The second-order valence-corrected chi connectivity index (χ2v) is 17.8. The number of aliphatic hydroxyl groups is 4. The molecule has 2 unspecified atom stereocenters. The van der Waals surface area contributed by atoms with Crippen molar-refractivity contribution in [3.8, 4) is 0 Å². The van der Waals surface area contributed by atoms with E-state index in [-0.39, 0.29) is 11.4 Å². The summed E-state index contributed by atoms with van der Waals surface area (Å²) in [4.78, 5) is 0. The Labute approximate surface area is 281 Å². The average molecular weight is 828 g/mol. The summed E-state index contributed by atoms with van der Waals surface area (Å²) in [7, 11) is 0. The van der Waals surface area contributed by atoms with Crippen LogP contribution in [-0.4, -0.2) is 48.2 Å². The van der Waals surface area contributed by atoms with Crippen molar-refractivity contribution in [3.05, 3.63) is 82.1 Å². The lowest BCUT2D eigenvalue weighted by Gasteiger charge is -2.54. The first-order chi connectivity index (χ1) is 17.7. The van der Waals surface area contributed by atoms with Crippen LogP contribution in [0.15, 0.2) is 82.1 Å². The molecule has 0 fully saturated rings. The minimum Gasteiger partial charge on any atom is -0.356 e. The summed E-state index contributed by atoms with van der Waals surface area (Å²) in [5.41, 5.74) is -0.948. The van der Waals surface area contributed by atoms with Crippen molar-refractivity contribution in [1.82, 2.24) is 4.48 Å². The topological polar surface area (TPSA) is 80.9 Å². The molecule has 0 saturated carbocycles. The Bertz CT molecular complexity index is 1240. The zero-order valence-corrected chi connectivity index (χ0v) is 28.4. The van der Waals surface area contributed by atoms with Crippen molar-refractivity contribution in [2.45, 2.75) is 40.6 Å². The van der Waals surface area contributed by atoms with Gasteiger partial charge >= 0.3 is 0 Å². The Morgan fingerprint density at radius 3 is 1.13 bits per heavy atom. The molecule has 0 aromatic heterocycles. The Balaban J connectivity index is 2.40. The number of halogens is 10. The second-order valence-electron chi connectivity index (χ2n) is 9.18. The van der Waals surface area contributed by atoms with Crippen LogP contribution in [0.4, 0.5) is 11.4 Å². The van der Waals surface area contributed by atoms with E-state index < -0.39 is 66.6 Å². The molecule has 2 atom stereocenters. The predicted octanol–water partition coefficient (Wildman–Crippen LogP) is 8.40. The van der Waals surface area contributed by atoms with Crippen molar-refractivity contribution < 1.29 is 20.4 Å². The van der Waals surface area contributed by atoms with Gasteiger partial charge in [-0.1, -0.05) is 161 Å². The van der Waals surface area contributed by atoms with Crippen LogP contribution < -0.4 is 4.48 Å². The number of allylic oxidation sites excluding steroid dienone is 2. The number of alkyl halides is 8. The molecule has 5 nitrogen and oxygen atoms in total. The van der Waals surface area contributed by atoms with E-state index >= 15 is 0 Å². The van der Waals surface area contributed by atoms with E-state index in [4.69, 9.17) is 92.8 Å². The summed E-state index contributed by atoms with van der Waals surface area (Å²) in [6, 6.07) is 16.0. The van der Waals surface area contributed by atoms with Gasteiger partial charge in [-0.3, -0.25) is 0 Å². The maximum atomic E-state index is 11.8. The van der Waals surface area contributed by atoms with Gasteiger partial charge < -0.3 is 20.4 Å². The van der Waals surface area contributed by atoms with Crippen LogP contribution in [-0.2, 0) is 0 Å². The van der Waals surface area contributed by atoms with E-state index in [0.29, 0.717) is 0 Å². The molecule has 2 aromatic carbocycles. The van der Waals surface area contributed by atoms with Crippen molar-refractivity contribution >= 4 is 136 Å². The zero-order valence-electron chi connectivity index (χ0n) is 19.2. The fourth-order valence-corrected chi connectivity index (χ4v) is 9.33. The van der Waals surface area contributed by atoms with Crippen LogP contribution >= 0.6 is 125 Å². The maximum Gasteiger partial charge on any atom is 0.273 e. The second kappa shape index (κ2) is 10.6. The zero-order chi connectivity index (χ0) is 29.4. The van der Waals surface area contributed by atoms with Crippen molar-refractivity contribution in [1.29, 1.82) is 0 Å². The lowest BCUT2D eigenvalue weighted by atomic mass is 9.86. The summed E-state index contributed by atoms with van der Waals surface area (Å²) in [5.74, 6) is -6.21. The number of rotatable bonds is 4. The summed E-state index contributed by atoms with van der Waals surface area (Å²) < 4.78 is -9.52. The molecule has 0 heterocycles. The molecular weight excluding hydrogens is 810 g/mol. The predicted molar refractivity (Wildman–Crippen MR) is 168 cm³/mol. The largest absolute Gasteiger partial charge is 0.356 e. The molecule has 39 heavy (non-hydrogen) atoms. The molecule has 0 radical (unpaired) electrons. The van der Waals surface area contributed by atoms with Gasteiger partial charge in [0.1, 0.15) is 21.4 Å². The standard InChI is InChI=1S/C24H18Br2Cl8NO4/c25-21(33)11-19(29,30)15(27)17(23(21,36)37)35(13-7-3-1-4-8-13,14-9-5-2-6-10-14)18-16(28)20(31,32)12-22(26,34)24(18,38)39/h1-10,36-39H,11-12H2/q+1. The van der Waals surface area contributed by atoms with Crippen LogP contribution in [0.25, 0.3) is 0 Å². The van der Waals surface area contributed by atoms with Gasteiger partial charge in [0.2, 0.25) is 11.4 Å². The molecule has 0 spiro atoms. The fraction of sp³-hybridized carbons (Fsp3) is 0.333. The van der Waals surface area contributed by atoms with Crippen molar-refractivity contribution in [2.24, 2.45) is 0 Å². The summed E-state index contributed by atoms with van der Waals surface area (Å²) in [6.07, 6.45) is -0.987. The highest BCUT2D eigenvalue weighted by atomic mass is 79.9. The normalized spacial score (nSPS) is 29.9. The van der Waals surface area contributed by atoms with Gasteiger partial charge in [-0.15, -0.1) is 0 Å². The average Bonchev–Trinajstić information content (AvgIpc) is 2.81. The number of hydrogen-bond donors (Lipinski definition) is 4. The third-order valence-electron chi connectivity index (χ3n) is 6.58. The number of benzene rings is 2. The van der Waals surface area contributed by atoms with E-state index in [1.54, 1.807) is 60.7 Å². The molecule has 2 aromatic rings. The Morgan fingerprint density at radius 2 is 0.846 bits per heavy atom. The van der Waals surface area contributed by atoms with E-state index in [9.17, 15) is 20.4 Å². The molecule has 0 saturated heterocycles. The number of quaternary nitrogens is 1. The Kier molecular flexibility index (Phi) is 8.92. The van der Waals surface area contributed by atoms with Crippen LogP contribution in [0.1, 0.15) is 12.8 Å². The monoisotopic (exact) mass is 822 g/mol. The van der Waals surface area contributed by atoms with E-state index in [2.05, 4.69) is 31.9 Å². The van der Waals surface area contributed by atoms with E-state index in [1.807, 2.05) is 0 Å². The molecule has 0 amide bonds. The van der Waals surface area contributed by atoms with Crippen LogP contribution in [0.3, 0.4) is 0 Å². The highest BCUT2D eigenvalue weighted by Gasteiger charge is 2.74. The van der Waals surface area contributed by atoms with Gasteiger partial charge in [-0.05, 0) is 0 Å². The van der Waals surface area contributed by atoms with Crippen LogP contribution in [0.2, 0.25) is 0 Å². The first-order valence-electron chi connectivity index (χ1n) is 10.9. The first-order valence-corrected chi connectivity index (χ1v) is 15.5. The summed E-state index contributed by atoms with van der Waals surface area (Å²) in [6.45, 7) is 0. The fourth-order valence-electron chi connectivity index (χ4n) is 4.80. The summed E-state index contributed by atoms with van der Waals surface area (Å²) in [5, 5.41) is 46.3. The molecule has 2 aliphatic carbocycles. The number of para-hydroxylation sites is 2. The van der Waals surface area contributed by atoms with Crippen molar-refractivity contribution in [3.63, 3.8) is 0 Å². The molecule has 4 N–H and O–H groups in total. The minimum atomic E-state index is -3.11. The smallest absolute Gasteiger partial charge is 0.273 e. The third-order valence-corrected chi connectivity index (χ3v) is 11.7. The number of hydrogen-bond acceptors (Lipinski definition) is 4. The van der Waals surface area contributed by atoms with Gasteiger partial charge in [-0.25, -0.2) is 0 Å². The molecule has 4 rings (SSSR count). The quantitative estimate of drug-likeness (QED) is 0.142. The van der Waals surface area contributed by atoms with Crippen molar-refractivity contribution in [2.75, 3.05) is 0 Å². The number of nitrogens with zero attached hydrogens (tertiary/aromatic N) is 1. The van der Waals surface area contributed by atoms with Gasteiger partial charge in [0.05, 0.1) is 0 Å². The summed E-state index contributed by atoms with van der Waals surface area (Å²) >= 11 is 59.8. The van der Waals surface area contributed by atoms with E-state index in [1.165, 1.54) is 0 Å². The van der Waals surface area contributed by atoms with Crippen LogP contribution in [0, 0.1) is 0 Å². The molecular formula is C24H18Br2Cl8NO4+.